The summed E-state index contributed by atoms with van der Waals surface area (Å²) in [5, 5.41) is 0. The number of ether oxygens (including phenoxy) is 1. The van der Waals surface area contributed by atoms with E-state index < -0.39 is 0 Å². The van der Waals surface area contributed by atoms with Gasteiger partial charge < -0.3 is 21.9 Å². The molecule has 4 heteroatoms. The molecule has 0 aliphatic heterocycles. The molecule has 4 nitrogen and oxygen atoms in total. The molecular formula is C11H19N3O. The van der Waals surface area contributed by atoms with E-state index in [1.165, 1.54) is 0 Å². The SMILES string of the molecule is NC(N)CC(N)COCc1ccccc1. The van der Waals surface area contributed by atoms with Gasteiger partial charge in [-0.3, -0.25) is 0 Å². The first kappa shape index (κ1) is 12.1. The van der Waals surface area contributed by atoms with Crippen molar-refractivity contribution in [1.29, 1.82) is 0 Å². The first-order valence-electron chi connectivity index (χ1n) is 5.07. The third-order valence-electron chi connectivity index (χ3n) is 2.02. The van der Waals surface area contributed by atoms with E-state index in [1.807, 2.05) is 30.3 Å². The van der Waals surface area contributed by atoms with Crippen LogP contribution < -0.4 is 17.2 Å². The zero-order valence-electron chi connectivity index (χ0n) is 8.80. The molecular weight excluding hydrogens is 190 g/mol. The van der Waals surface area contributed by atoms with Crippen LogP contribution in [0.2, 0.25) is 0 Å². The fourth-order valence-electron chi connectivity index (χ4n) is 1.32. The van der Waals surface area contributed by atoms with Crippen LogP contribution in [0.3, 0.4) is 0 Å². The van der Waals surface area contributed by atoms with Crippen LogP contribution in [0.25, 0.3) is 0 Å². The highest BCUT2D eigenvalue weighted by Gasteiger charge is 2.05. The van der Waals surface area contributed by atoms with Gasteiger partial charge in [0.15, 0.2) is 0 Å². The molecule has 0 aliphatic carbocycles. The Morgan fingerprint density at radius 1 is 1.07 bits per heavy atom. The van der Waals surface area contributed by atoms with Gasteiger partial charge in [0.2, 0.25) is 0 Å². The second-order valence-corrected chi connectivity index (χ2v) is 3.66. The zero-order valence-corrected chi connectivity index (χ0v) is 8.80. The van der Waals surface area contributed by atoms with Crippen LogP contribution in [-0.4, -0.2) is 18.8 Å². The summed E-state index contributed by atoms with van der Waals surface area (Å²) >= 11 is 0. The van der Waals surface area contributed by atoms with E-state index in [2.05, 4.69) is 0 Å². The molecule has 0 saturated carbocycles. The molecule has 0 fully saturated rings. The Hall–Kier alpha value is -0.940. The number of hydrogen-bond donors (Lipinski definition) is 3. The van der Waals surface area contributed by atoms with Gasteiger partial charge in [-0.05, 0) is 12.0 Å². The summed E-state index contributed by atoms with van der Waals surface area (Å²) in [5.41, 5.74) is 17.7. The summed E-state index contributed by atoms with van der Waals surface area (Å²) in [7, 11) is 0. The Labute approximate surface area is 90.4 Å². The molecule has 1 aromatic carbocycles. The third-order valence-corrected chi connectivity index (χ3v) is 2.02. The highest BCUT2D eigenvalue weighted by Crippen LogP contribution is 2.01. The average Bonchev–Trinajstić information content (AvgIpc) is 2.18. The fraction of sp³-hybridized carbons (Fsp3) is 0.455. The van der Waals surface area contributed by atoms with Gasteiger partial charge in [-0.1, -0.05) is 30.3 Å². The molecule has 0 aliphatic rings. The third kappa shape index (κ3) is 5.49. The number of benzene rings is 1. The standard InChI is InChI=1S/C11H19N3O/c12-10(6-11(13)14)8-15-7-9-4-2-1-3-5-9/h1-5,10-11H,6-8,12-14H2. The first-order valence-corrected chi connectivity index (χ1v) is 5.07. The minimum atomic E-state index is -0.361. The summed E-state index contributed by atoms with van der Waals surface area (Å²) in [6.07, 6.45) is 0.217. The zero-order chi connectivity index (χ0) is 11.1. The van der Waals surface area contributed by atoms with E-state index in [0.29, 0.717) is 19.6 Å². The molecule has 1 rings (SSSR count). The van der Waals surface area contributed by atoms with Gasteiger partial charge in [-0.2, -0.15) is 0 Å². The van der Waals surface area contributed by atoms with Gasteiger partial charge in [-0.25, -0.2) is 0 Å². The summed E-state index contributed by atoms with van der Waals surface area (Å²) in [5.74, 6) is 0. The summed E-state index contributed by atoms with van der Waals surface area (Å²) < 4.78 is 5.45. The van der Waals surface area contributed by atoms with Crippen molar-refractivity contribution < 1.29 is 4.74 Å². The average molecular weight is 209 g/mol. The van der Waals surface area contributed by atoms with E-state index in [9.17, 15) is 0 Å². The van der Waals surface area contributed by atoms with Crippen molar-refractivity contribution in [3.8, 4) is 0 Å². The molecule has 1 unspecified atom stereocenters. The molecule has 0 radical (unpaired) electrons. The normalized spacial score (nSPS) is 13.1. The highest BCUT2D eigenvalue weighted by atomic mass is 16.5. The lowest BCUT2D eigenvalue weighted by Gasteiger charge is -2.14. The number of nitrogens with two attached hydrogens (primary N) is 3. The van der Waals surface area contributed by atoms with E-state index >= 15 is 0 Å². The topological polar surface area (TPSA) is 87.3 Å². The lowest BCUT2D eigenvalue weighted by molar-refractivity contribution is 0.104. The van der Waals surface area contributed by atoms with Crippen LogP contribution in [0.5, 0.6) is 0 Å². The molecule has 1 atom stereocenters. The van der Waals surface area contributed by atoms with Crippen molar-refractivity contribution >= 4 is 0 Å². The van der Waals surface area contributed by atoms with Crippen molar-refractivity contribution in [2.75, 3.05) is 6.61 Å². The van der Waals surface area contributed by atoms with Gasteiger partial charge in [-0.15, -0.1) is 0 Å². The Kier molecular flexibility index (Phi) is 5.28. The predicted octanol–water partition coefficient (Wildman–Crippen LogP) is 0.164. The van der Waals surface area contributed by atoms with Crippen LogP contribution in [0.15, 0.2) is 30.3 Å². The molecule has 84 valence electrons. The van der Waals surface area contributed by atoms with Crippen LogP contribution in [0.1, 0.15) is 12.0 Å². The first-order chi connectivity index (χ1) is 7.18. The minimum Gasteiger partial charge on any atom is -0.375 e. The van der Waals surface area contributed by atoms with Crippen molar-refractivity contribution in [3.63, 3.8) is 0 Å². The molecule has 1 aromatic rings. The molecule has 0 aromatic heterocycles. The van der Waals surface area contributed by atoms with Crippen LogP contribution in [0.4, 0.5) is 0 Å². The molecule has 0 bridgehead atoms. The summed E-state index contributed by atoms with van der Waals surface area (Å²) in [6, 6.07) is 9.88. The lowest BCUT2D eigenvalue weighted by Crippen LogP contribution is -2.39. The van der Waals surface area contributed by atoms with Crippen LogP contribution in [-0.2, 0) is 11.3 Å². The van der Waals surface area contributed by atoms with Crippen molar-refractivity contribution in [2.24, 2.45) is 17.2 Å². The van der Waals surface area contributed by atoms with Gasteiger partial charge in [0, 0.05) is 6.04 Å². The van der Waals surface area contributed by atoms with Crippen molar-refractivity contribution in [2.45, 2.75) is 25.2 Å². The van der Waals surface area contributed by atoms with Gasteiger partial charge in [0.25, 0.3) is 0 Å². The highest BCUT2D eigenvalue weighted by molar-refractivity contribution is 5.13. The molecule has 0 amide bonds. The second-order valence-electron chi connectivity index (χ2n) is 3.66. The Bertz CT molecular complexity index is 264. The van der Waals surface area contributed by atoms with E-state index in [1.54, 1.807) is 0 Å². The van der Waals surface area contributed by atoms with Crippen LogP contribution in [0, 0.1) is 0 Å². The van der Waals surface area contributed by atoms with Crippen molar-refractivity contribution in [3.05, 3.63) is 35.9 Å². The van der Waals surface area contributed by atoms with Crippen LogP contribution >= 0.6 is 0 Å². The molecule has 0 heterocycles. The quantitative estimate of drug-likeness (QED) is 0.583. The van der Waals surface area contributed by atoms with E-state index in [0.717, 1.165) is 5.56 Å². The Balaban J connectivity index is 2.16. The van der Waals surface area contributed by atoms with Gasteiger partial charge in [0.05, 0.1) is 19.4 Å². The largest absolute Gasteiger partial charge is 0.375 e. The van der Waals surface area contributed by atoms with Gasteiger partial charge in [0.1, 0.15) is 0 Å². The predicted molar refractivity (Wildman–Crippen MR) is 60.9 cm³/mol. The van der Waals surface area contributed by atoms with Gasteiger partial charge >= 0.3 is 0 Å². The minimum absolute atomic E-state index is 0.0892. The monoisotopic (exact) mass is 209 g/mol. The number of hydrogen-bond acceptors (Lipinski definition) is 4. The molecule has 0 spiro atoms. The maximum Gasteiger partial charge on any atom is 0.0717 e. The Morgan fingerprint density at radius 2 is 1.73 bits per heavy atom. The van der Waals surface area contributed by atoms with E-state index in [4.69, 9.17) is 21.9 Å². The van der Waals surface area contributed by atoms with E-state index in [-0.39, 0.29) is 12.2 Å². The second kappa shape index (κ2) is 6.53. The fourth-order valence-corrected chi connectivity index (χ4v) is 1.32. The molecule has 15 heavy (non-hydrogen) atoms. The maximum atomic E-state index is 5.75. The lowest BCUT2D eigenvalue weighted by atomic mass is 10.2. The maximum absolute atomic E-state index is 5.75. The number of rotatable bonds is 6. The Morgan fingerprint density at radius 3 is 2.33 bits per heavy atom. The van der Waals surface area contributed by atoms with Crippen molar-refractivity contribution in [1.82, 2.24) is 0 Å². The smallest absolute Gasteiger partial charge is 0.0717 e. The molecule has 0 saturated heterocycles. The summed E-state index contributed by atoms with van der Waals surface area (Å²) in [6.45, 7) is 1.06. The molecule has 6 N–H and O–H groups in total. The summed E-state index contributed by atoms with van der Waals surface area (Å²) in [4.78, 5) is 0.